The molecule has 0 N–H and O–H groups in total. The number of carbonyl (C=O) groups excluding carboxylic acids is 1. The van der Waals surface area contributed by atoms with E-state index in [-0.39, 0.29) is 11.8 Å². The number of aromatic nitrogens is 2. The van der Waals surface area contributed by atoms with E-state index in [4.69, 9.17) is 4.42 Å². The second kappa shape index (κ2) is 7.12. The van der Waals surface area contributed by atoms with Gasteiger partial charge in [-0.3, -0.25) is 4.79 Å². The van der Waals surface area contributed by atoms with Crippen molar-refractivity contribution in [2.24, 2.45) is 5.92 Å². The Labute approximate surface area is 152 Å². The van der Waals surface area contributed by atoms with Crippen LogP contribution in [0.25, 0.3) is 11.5 Å². The zero-order valence-corrected chi connectivity index (χ0v) is 14.8. The molecule has 5 heteroatoms. The number of fused-ring (bicyclic) bond motifs is 1. The molecule has 0 spiro atoms. The van der Waals surface area contributed by atoms with E-state index < -0.39 is 0 Å². The predicted octanol–water partition coefficient (Wildman–Crippen LogP) is 3.50. The highest BCUT2D eigenvalue weighted by Gasteiger charge is 2.27. The van der Waals surface area contributed by atoms with Crippen LogP contribution in [0.3, 0.4) is 0 Å². The first-order chi connectivity index (χ1) is 12.7. The monoisotopic (exact) mass is 347 g/mol. The van der Waals surface area contributed by atoms with Gasteiger partial charge in [0.2, 0.25) is 17.7 Å². The summed E-state index contributed by atoms with van der Waals surface area (Å²) in [6.45, 7) is 0.330. The Morgan fingerprint density at radius 3 is 2.62 bits per heavy atom. The fourth-order valence-electron chi connectivity index (χ4n) is 3.52. The van der Waals surface area contributed by atoms with E-state index in [0.717, 1.165) is 24.8 Å². The van der Waals surface area contributed by atoms with Gasteiger partial charge in [0.1, 0.15) is 0 Å². The highest BCUT2D eigenvalue weighted by atomic mass is 16.4. The van der Waals surface area contributed by atoms with Crippen LogP contribution < -0.4 is 0 Å². The Kier molecular flexibility index (Phi) is 4.52. The van der Waals surface area contributed by atoms with Crippen molar-refractivity contribution in [2.75, 3.05) is 7.05 Å². The summed E-state index contributed by atoms with van der Waals surface area (Å²) < 4.78 is 5.72. The fraction of sp³-hybridized carbons (Fsp3) is 0.286. The Morgan fingerprint density at radius 1 is 1.08 bits per heavy atom. The number of hydrogen-bond acceptors (Lipinski definition) is 4. The molecule has 0 saturated carbocycles. The lowest BCUT2D eigenvalue weighted by molar-refractivity contribution is -0.135. The van der Waals surface area contributed by atoms with E-state index in [1.54, 1.807) is 11.9 Å². The lowest BCUT2D eigenvalue weighted by atomic mass is 9.83. The minimum absolute atomic E-state index is 0.0198. The third-order valence-corrected chi connectivity index (χ3v) is 4.93. The third kappa shape index (κ3) is 3.38. The lowest BCUT2D eigenvalue weighted by Gasteiger charge is -2.27. The van der Waals surface area contributed by atoms with E-state index >= 15 is 0 Å². The molecule has 132 valence electrons. The number of carbonyl (C=O) groups is 1. The highest BCUT2D eigenvalue weighted by Crippen LogP contribution is 2.27. The van der Waals surface area contributed by atoms with Gasteiger partial charge in [0.05, 0.1) is 6.54 Å². The van der Waals surface area contributed by atoms with Crippen LogP contribution in [-0.2, 0) is 24.2 Å². The summed E-state index contributed by atoms with van der Waals surface area (Å²) in [5.74, 6) is 1.09. The number of amides is 1. The molecule has 1 aliphatic rings. The Bertz CT molecular complexity index is 904. The van der Waals surface area contributed by atoms with Crippen molar-refractivity contribution in [2.45, 2.75) is 25.8 Å². The molecule has 0 bridgehead atoms. The van der Waals surface area contributed by atoms with Crippen LogP contribution in [0.2, 0.25) is 0 Å². The quantitative estimate of drug-likeness (QED) is 0.725. The first-order valence-corrected chi connectivity index (χ1v) is 8.90. The number of benzene rings is 2. The molecule has 0 aliphatic heterocycles. The average Bonchev–Trinajstić information content (AvgIpc) is 3.16. The Morgan fingerprint density at radius 2 is 1.81 bits per heavy atom. The Balaban J connectivity index is 1.42. The van der Waals surface area contributed by atoms with Gasteiger partial charge in [-0.1, -0.05) is 42.5 Å². The average molecular weight is 347 g/mol. The van der Waals surface area contributed by atoms with Gasteiger partial charge in [0.25, 0.3) is 0 Å². The summed E-state index contributed by atoms with van der Waals surface area (Å²) in [6, 6.07) is 18.0. The van der Waals surface area contributed by atoms with Crippen molar-refractivity contribution < 1.29 is 9.21 Å². The molecular formula is C21H21N3O2. The van der Waals surface area contributed by atoms with Crippen LogP contribution in [0.4, 0.5) is 0 Å². The van der Waals surface area contributed by atoms with E-state index in [9.17, 15) is 4.79 Å². The molecule has 2 aromatic carbocycles. The maximum Gasteiger partial charge on any atom is 0.247 e. The van der Waals surface area contributed by atoms with Crippen LogP contribution in [-0.4, -0.2) is 28.1 Å². The van der Waals surface area contributed by atoms with Crippen LogP contribution in [0.1, 0.15) is 23.4 Å². The van der Waals surface area contributed by atoms with Crippen LogP contribution in [0.15, 0.2) is 59.0 Å². The first kappa shape index (κ1) is 16.5. The largest absolute Gasteiger partial charge is 0.419 e. The predicted molar refractivity (Wildman–Crippen MR) is 98.2 cm³/mol. The summed E-state index contributed by atoms with van der Waals surface area (Å²) >= 11 is 0. The van der Waals surface area contributed by atoms with Gasteiger partial charge in [0, 0.05) is 18.5 Å². The smallest absolute Gasteiger partial charge is 0.247 e. The summed E-state index contributed by atoms with van der Waals surface area (Å²) in [5, 5.41) is 8.17. The normalized spacial score (nSPS) is 16.1. The van der Waals surface area contributed by atoms with Crippen molar-refractivity contribution in [1.82, 2.24) is 15.1 Å². The topological polar surface area (TPSA) is 59.2 Å². The van der Waals surface area contributed by atoms with Gasteiger partial charge in [0.15, 0.2) is 0 Å². The first-order valence-electron chi connectivity index (χ1n) is 8.90. The van der Waals surface area contributed by atoms with E-state index in [2.05, 4.69) is 28.4 Å². The molecule has 1 aliphatic carbocycles. The lowest BCUT2D eigenvalue weighted by Crippen LogP contribution is -2.35. The summed E-state index contributed by atoms with van der Waals surface area (Å²) in [5.41, 5.74) is 3.53. The van der Waals surface area contributed by atoms with Crippen molar-refractivity contribution in [3.63, 3.8) is 0 Å². The van der Waals surface area contributed by atoms with E-state index in [1.165, 1.54) is 11.1 Å². The van der Waals surface area contributed by atoms with Crippen molar-refractivity contribution >= 4 is 5.91 Å². The summed E-state index contributed by atoms with van der Waals surface area (Å²) in [4.78, 5) is 14.5. The fourth-order valence-corrected chi connectivity index (χ4v) is 3.52. The standard InChI is InChI=1S/C21H21N3O2/c1-24(14-19-22-23-20(26-19)16-8-3-2-4-9-16)21(25)18-12-11-15-7-5-6-10-17(15)13-18/h2-10,18H,11-14H2,1H3/t18-/m1/s1. The molecule has 0 saturated heterocycles. The Hall–Kier alpha value is -2.95. The van der Waals surface area contributed by atoms with Gasteiger partial charge in [-0.2, -0.15) is 0 Å². The maximum atomic E-state index is 12.8. The molecule has 3 aromatic rings. The molecule has 0 radical (unpaired) electrons. The van der Waals surface area contributed by atoms with Crippen LogP contribution >= 0.6 is 0 Å². The van der Waals surface area contributed by atoms with Gasteiger partial charge >= 0.3 is 0 Å². The molecule has 1 amide bonds. The minimum Gasteiger partial charge on any atom is -0.419 e. The molecule has 4 rings (SSSR count). The van der Waals surface area contributed by atoms with E-state index in [0.29, 0.717) is 18.3 Å². The van der Waals surface area contributed by atoms with Crippen molar-refractivity contribution in [1.29, 1.82) is 0 Å². The SMILES string of the molecule is CN(Cc1nnc(-c2ccccc2)o1)C(=O)[C@@H]1CCc2ccccc2C1. The number of hydrogen-bond donors (Lipinski definition) is 0. The molecule has 1 atom stereocenters. The zero-order chi connectivity index (χ0) is 17.9. The zero-order valence-electron chi connectivity index (χ0n) is 14.8. The molecule has 1 heterocycles. The minimum atomic E-state index is 0.0198. The number of rotatable bonds is 4. The molecule has 0 fully saturated rings. The number of aryl methyl sites for hydroxylation is 1. The number of nitrogens with zero attached hydrogens (tertiary/aromatic N) is 3. The van der Waals surface area contributed by atoms with Crippen molar-refractivity contribution in [3.8, 4) is 11.5 Å². The molecule has 1 aromatic heterocycles. The van der Waals surface area contributed by atoms with Crippen LogP contribution in [0, 0.1) is 5.92 Å². The maximum absolute atomic E-state index is 12.8. The van der Waals surface area contributed by atoms with Crippen molar-refractivity contribution in [3.05, 3.63) is 71.6 Å². The van der Waals surface area contributed by atoms with Crippen LogP contribution in [0.5, 0.6) is 0 Å². The second-order valence-electron chi connectivity index (χ2n) is 6.77. The summed E-state index contributed by atoms with van der Waals surface area (Å²) in [6.07, 6.45) is 2.65. The molecule has 26 heavy (non-hydrogen) atoms. The highest BCUT2D eigenvalue weighted by molar-refractivity contribution is 5.79. The summed E-state index contributed by atoms with van der Waals surface area (Å²) in [7, 11) is 1.80. The van der Waals surface area contributed by atoms with Gasteiger partial charge in [-0.15, -0.1) is 10.2 Å². The van der Waals surface area contributed by atoms with Gasteiger partial charge in [-0.05, 0) is 42.5 Å². The van der Waals surface area contributed by atoms with Gasteiger partial charge in [-0.25, -0.2) is 0 Å². The molecular weight excluding hydrogens is 326 g/mol. The molecule has 5 nitrogen and oxygen atoms in total. The van der Waals surface area contributed by atoms with Gasteiger partial charge < -0.3 is 9.32 Å². The van der Waals surface area contributed by atoms with E-state index in [1.807, 2.05) is 36.4 Å². The third-order valence-electron chi connectivity index (χ3n) is 4.93. The molecule has 0 unspecified atom stereocenters. The second-order valence-corrected chi connectivity index (χ2v) is 6.77.